The van der Waals surface area contributed by atoms with Crippen LogP contribution >= 0.6 is 0 Å². The number of piperidine rings is 1. The van der Waals surface area contributed by atoms with E-state index in [0.717, 1.165) is 85.3 Å². The van der Waals surface area contributed by atoms with Crippen molar-refractivity contribution < 1.29 is 45.0 Å². The van der Waals surface area contributed by atoms with Gasteiger partial charge in [0, 0.05) is 90.8 Å². The lowest BCUT2D eigenvalue weighted by molar-refractivity contribution is -0.159. The number of dihydropyridines is 1. The summed E-state index contributed by atoms with van der Waals surface area (Å²) in [5.74, 6) is 15.4. The van der Waals surface area contributed by atoms with Gasteiger partial charge in [-0.05, 0) is 230 Å². The molecule has 8 aliphatic carbocycles. The summed E-state index contributed by atoms with van der Waals surface area (Å²) in [6.45, 7) is 5.78. The van der Waals surface area contributed by atoms with Gasteiger partial charge in [-0.2, -0.15) is 0 Å². The molecule has 16 rings (SSSR count). The number of H-pyrrole nitrogens is 1. The van der Waals surface area contributed by atoms with Crippen LogP contribution in [0.3, 0.4) is 0 Å². The summed E-state index contributed by atoms with van der Waals surface area (Å²) >= 11 is 0. The van der Waals surface area contributed by atoms with Gasteiger partial charge in [0.2, 0.25) is 0 Å². The molecule has 516 valence electrons. The van der Waals surface area contributed by atoms with E-state index in [1.165, 1.54) is 35.1 Å². The molecule has 4 heterocycles. The van der Waals surface area contributed by atoms with E-state index in [0.29, 0.717) is 68.8 Å². The number of phenolic OH excluding ortho intramolecular Hbond substituents is 1. The number of carbonyl (C=O) groups excluding carboxylic acids is 2. The van der Waals surface area contributed by atoms with Crippen LogP contribution in [0.15, 0.2) is 114 Å². The first-order chi connectivity index (χ1) is 47.5. The number of benzene rings is 4. The van der Waals surface area contributed by atoms with E-state index in [-0.39, 0.29) is 149 Å². The minimum Gasteiger partial charge on any atom is -0.504 e. The Labute approximate surface area is 577 Å². The second-order valence-electron chi connectivity index (χ2n) is 32.4. The third-order valence-corrected chi connectivity index (χ3v) is 27.9. The number of rotatable bonds is 15. The molecule has 0 amide bonds. The number of hydrogen-bond donors (Lipinski definition) is 11. The first-order valence-electron chi connectivity index (χ1n) is 37.5. The van der Waals surface area contributed by atoms with Crippen LogP contribution in [0.25, 0.3) is 10.8 Å². The standard InChI is InChI=1S/C84H101N5O9/c1-4-47-43-86-71(85)41-58(47)57(50-22-21-48-16-8-9-17-49(48)35-50)40-65(91)64(90)36-52-27-32-84(69(94)25-23-51-37-68(98-3)66(92)39-56(51)52)33-28-53(38-70(84)95)73-55(24-26-72(96)97)74-62-20-12-18-54-19-13-29-82(54,2)88-45-60(73)76-78(74)77-63(89-62)42-67(93)80-79(77)75-59(44-87-81(75)76)61(83(80)30-10-11-31-83)34-46-14-6-5-7-15-46/h5-9,14-17,21-22,35,37,39,41,44,52-55,57,60-65,70,72-74,76-80,86-92,95-97H,4,10-11,13,19-20,23-26,28-31,33-34,36,38,40,42-43,45,85H2,1-3H3/t52-,53+,54+,55-,57-,60-,61-,62+,63-,64-,65+,70-,73-,74+,76+,77+,78-,79+,80+,82+,84-/m1/s1. The van der Waals surface area contributed by atoms with Crippen LogP contribution in [-0.2, 0) is 22.4 Å². The normalized spacial score (nSPS) is 35.8. The van der Waals surface area contributed by atoms with Gasteiger partial charge >= 0.3 is 0 Å². The number of aromatic nitrogens is 1. The maximum absolute atomic E-state index is 15.7. The number of aliphatic hydroxyl groups excluding tert-OH is 4. The molecule has 2 spiro atoms. The molecular weight excluding hydrogens is 1220 g/mol. The van der Waals surface area contributed by atoms with Crippen LogP contribution in [0.4, 0.5) is 0 Å². The molecule has 4 aromatic carbocycles. The van der Waals surface area contributed by atoms with Crippen LogP contribution in [0.2, 0.25) is 0 Å². The van der Waals surface area contributed by atoms with Gasteiger partial charge in [0.1, 0.15) is 11.2 Å². The smallest absolute Gasteiger partial charge is 0.160 e. The molecule has 5 aromatic rings. The number of carbonyl (C=O) groups is 2. The first-order valence-corrected chi connectivity index (χ1v) is 37.5. The molecule has 0 radical (unpaired) electrons. The van der Waals surface area contributed by atoms with Gasteiger partial charge in [-0.15, -0.1) is 5.92 Å². The highest BCUT2D eigenvalue weighted by molar-refractivity contribution is 5.90. The quantitative estimate of drug-likeness (QED) is 0.0346. The number of hydrogen-bond acceptors (Lipinski definition) is 13. The molecular formula is C84H101N5O9. The lowest BCUT2D eigenvalue weighted by Crippen LogP contribution is -2.71. The van der Waals surface area contributed by atoms with Crippen LogP contribution in [-0.4, -0.2) is 110 Å². The van der Waals surface area contributed by atoms with Crippen molar-refractivity contribution in [2.75, 3.05) is 20.2 Å². The summed E-state index contributed by atoms with van der Waals surface area (Å²) < 4.78 is 5.68. The fraction of sp³-hybridized carbons (Fsp3) is 0.571. The van der Waals surface area contributed by atoms with Gasteiger partial charge in [0.05, 0.1) is 31.2 Å². The summed E-state index contributed by atoms with van der Waals surface area (Å²) in [5.41, 5.74) is 14.6. The Morgan fingerprint density at radius 3 is 2.42 bits per heavy atom. The van der Waals surface area contributed by atoms with E-state index < -0.39 is 35.9 Å². The molecule has 98 heavy (non-hydrogen) atoms. The number of ether oxygens (including phenoxy) is 1. The number of aliphatic hydroxyl groups is 5. The third-order valence-electron chi connectivity index (χ3n) is 27.9. The van der Waals surface area contributed by atoms with Gasteiger partial charge in [0.25, 0.3) is 0 Å². The van der Waals surface area contributed by atoms with Gasteiger partial charge in [0.15, 0.2) is 23.6 Å². The number of nitrogens with one attached hydrogen (secondary N) is 4. The number of methoxy groups -OCH3 is 1. The highest BCUT2D eigenvalue weighted by Crippen LogP contribution is 2.74. The number of nitrogens with two attached hydrogens (primary N) is 1. The van der Waals surface area contributed by atoms with E-state index in [4.69, 9.17) is 10.5 Å². The van der Waals surface area contributed by atoms with Crippen molar-refractivity contribution in [3.8, 4) is 35.2 Å². The predicted octanol–water partition coefficient (Wildman–Crippen LogP) is 11.1. The van der Waals surface area contributed by atoms with Crippen LogP contribution in [0.5, 0.6) is 11.5 Å². The van der Waals surface area contributed by atoms with Crippen molar-refractivity contribution in [2.45, 2.75) is 214 Å². The van der Waals surface area contributed by atoms with Gasteiger partial charge < -0.3 is 62.0 Å². The maximum atomic E-state index is 15.7. The summed E-state index contributed by atoms with van der Waals surface area (Å²) in [7, 11) is 1.50. The molecule has 6 fully saturated rings. The second-order valence-corrected chi connectivity index (χ2v) is 32.4. The SMILES string of the molecule is CCC1=C([C@H](C[C@H](O)[C@H](O)C[C@H]2C#C[C@@]3(CC[C@H]([C@@H]4[C@@H](CCC(O)O)[C@@H]5[C@@H]6[C@H]7c8[nH]cc9c8[C@H]8[C@H]6[C@@H](CC(=O)[C@@H]8C6(CCCC6)[C@@H]9Cc6ccccc6)N[C@H]5CC#C[C@H]5CCC[C@]5(C)NC[C@@H]74)C[C@H]3O)C(=O)CCc3cc(OC)c(O)cc32)c2ccc3ccccc3c2)C=C(N)NC1. The van der Waals surface area contributed by atoms with Crippen molar-refractivity contribution in [1.29, 1.82) is 0 Å². The fourth-order valence-electron chi connectivity index (χ4n) is 23.6. The van der Waals surface area contributed by atoms with E-state index >= 15 is 9.59 Å². The zero-order valence-corrected chi connectivity index (χ0v) is 57.3. The van der Waals surface area contributed by atoms with E-state index in [1.807, 2.05) is 18.2 Å². The number of aromatic amines is 1. The molecule has 14 heteroatoms. The third kappa shape index (κ3) is 11.0. The molecule has 1 aromatic heterocycles. The summed E-state index contributed by atoms with van der Waals surface area (Å²) in [6.07, 6.45) is 11.9. The van der Waals surface area contributed by atoms with Crippen LogP contribution in [0.1, 0.15) is 198 Å². The zero-order chi connectivity index (χ0) is 67.5. The number of phenols is 1. The Hall–Kier alpha value is -6.72. The number of aryl methyl sites for hydroxylation is 1. The van der Waals surface area contributed by atoms with E-state index in [1.54, 1.807) is 12.1 Å². The van der Waals surface area contributed by atoms with Crippen molar-refractivity contribution >= 4 is 22.3 Å². The van der Waals surface area contributed by atoms with E-state index in [9.17, 15) is 30.6 Å². The maximum Gasteiger partial charge on any atom is 0.160 e. The molecule has 3 aliphatic heterocycles. The molecule has 14 nitrogen and oxygen atoms in total. The Bertz CT molecular complexity index is 4090. The minimum atomic E-state index is -1.51. The number of fused-ring (bicyclic) bond motifs is 8. The van der Waals surface area contributed by atoms with Gasteiger partial charge in [-0.3, -0.25) is 9.59 Å². The summed E-state index contributed by atoms with van der Waals surface area (Å²) in [5, 5.41) is 86.4. The molecule has 21 atom stereocenters. The second kappa shape index (κ2) is 26.0. The summed E-state index contributed by atoms with van der Waals surface area (Å²) in [4.78, 5) is 35.5. The average molecular weight is 1320 g/mol. The molecule has 5 saturated carbocycles. The Balaban J connectivity index is 0.778. The van der Waals surface area contributed by atoms with Gasteiger partial charge in [-0.25, -0.2) is 0 Å². The fourth-order valence-corrected chi connectivity index (χ4v) is 23.6. The molecule has 2 bridgehead atoms. The highest BCUT2D eigenvalue weighted by atomic mass is 16.5. The van der Waals surface area contributed by atoms with Crippen molar-refractivity contribution in [3.63, 3.8) is 0 Å². The number of Topliss-reactive ketones (excluding diaryl/α,β-unsaturated/α-hetero) is 2. The number of ketones is 2. The number of allylic oxidation sites excluding steroid dienone is 2. The summed E-state index contributed by atoms with van der Waals surface area (Å²) in [6, 6.07) is 28.8. The topological polar surface area (TPSA) is 243 Å². The monoisotopic (exact) mass is 1320 g/mol. The Kier molecular flexibility index (Phi) is 17.5. The largest absolute Gasteiger partial charge is 0.504 e. The number of aromatic hydroxyl groups is 1. The highest BCUT2D eigenvalue weighted by Gasteiger charge is 2.71. The minimum absolute atomic E-state index is 0.0161. The van der Waals surface area contributed by atoms with Crippen molar-refractivity contribution in [3.05, 3.63) is 153 Å². The van der Waals surface area contributed by atoms with Crippen molar-refractivity contribution in [1.82, 2.24) is 20.9 Å². The molecule has 11 aliphatic rings. The first kappa shape index (κ1) is 65.9. The molecule has 0 unspecified atom stereocenters. The zero-order valence-electron chi connectivity index (χ0n) is 57.3. The predicted molar refractivity (Wildman–Crippen MR) is 378 cm³/mol. The lowest BCUT2D eigenvalue weighted by Gasteiger charge is -2.68. The van der Waals surface area contributed by atoms with E-state index in [2.05, 4.69) is 125 Å². The Morgan fingerprint density at radius 2 is 1.63 bits per heavy atom. The molecule has 12 N–H and O–H groups in total. The van der Waals surface area contributed by atoms with Crippen molar-refractivity contribution in [2.24, 2.45) is 69.8 Å². The Morgan fingerprint density at radius 1 is 0.827 bits per heavy atom. The molecule has 1 saturated heterocycles. The average Bonchev–Trinajstić information content (AvgIpc) is 1.22. The lowest BCUT2D eigenvalue weighted by atomic mass is 9.37. The van der Waals surface area contributed by atoms with Crippen LogP contribution < -0.4 is 26.4 Å². The van der Waals surface area contributed by atoms with Gasteiger partial charge in [-0.1, -0.05) is 117 Å². The van der Waals surface area contributed by atoms with Crippen LogP contribution in [0, 0.1) is 87.8 Å².